The lowest BCUT2D eigenvalue weighted by Gasteiger charge is -2.27. The molecule has 5 atom stereocenters. The number of ether oxygens (including phenoxy) is 2. The summed E-state index contributed by atoms with van der Waals surface area (Å²) in [4.78, 5) is 37.9. The predicted octanol–water partition coefficient (Wildman–Crippen LogP) is 1.71. The molecule has 12 nitrogen and oxygen atoms in total. The summed E-state index contributed by atoms with van der Waals surface area (Å²) in [6, 6.07) is 8.35. The number of nitrogens with one attached hydrogen (secondary N) is 2. The summed E-state index contributed by atoms with van der Waals surface area (Å²) in [5, 5.41) is 13.4. The van der Waals surface area contributed by atoms with E-state index in [1.54, 1.807) is 44.2 Å². The van der Waals surface area contributed by atoms with E-state index in [4.69, 9.17) is 18.5 Å². The van der Waals surface area contributed by atoms with Gasteiger partial charge >= 0.3 is 19.4 Å². The van der Waals surface area contributed by atoms with Crippen molar-refractivity contribution in [3.63, 3.8) is 0 Å². The second-order valence-electron chi connectivity index (χ2n) is 8.69. The molecule has 0 saturated carbocycles. The molecule has 1 aromatic heterocycles. The minimum Gasteiger partial charge on any atom is -0.462 e. The number of H-pyrrole nitrogens is 1. The van der Waals surface area contributed by atoms with Gasteiger partial charge in [-0.2, -0.15) is 5.09 Å². The first-order valence-corrected chi connectivity index (χ1v) is 12.6. The average molecular weight is 511 g/mol. The van der Waals surface area contributed by atoms with E-state index in [9.17, 15) is 24.1 Å². The van der Waals surface area contributed by atoms with Crippen LogP contribution in [0.1, 0.15) is 40.3 Å². The maximum atomic E-state index is 13.6. The molecule has 2 heterocycles. The van der Waals surface area contributed by atoms with Crippen LogP contribution in [0.15, 0.2) is 52.2 Å². The monoisotopic (exact) mass is 511 g/mol. The van der Waals surface area contributed by atoms with Gasteiger partial charge in [-0.05, 0) is 39.8 Å². The van der Waals surface area contributed by atoms with Crippen molar-refractivity contribution in [1.82, 2.24) is 14.6 Å². The fourth-order valence-electron chi connectivity index (χ4n) is 3.41. The maximum absolute atomic E-state index is 13.6. The Bertz CT molecular complexity index is 1180. The van der Waals surface area contributed by atoms with Gasteiger partial charge in [0.1, 0.15) is 24.1 Å². The molecule has 3 rings (SSSR count). The van der Waals surface area contributed by atoms with Crippen molar-refractivity contribution in [2.24, 2.45) is 0 Å². The van der Waals surface area contributed by atoms with Gasteiger partial charge in [-0.15, -0.1) is 0 Å². The molecule has 0 amide bonds. The first kappa shape index (κ1) is 26.8. The van der Waals surface area contributed by atoms with Crippen LogP contribution in [0.2, 0.25) is 0 Å². The number of aromatic nitrogens is 2. The molecule has 0 spiro atoms. The van der Waals surface area contributed by atoms with Crippen LogP contribution < -0.4 is 20.9 Å². The zero-order valence-electron chi connectivity index (χ0n) is 19.9. The van der Waals surface area contributed by atoms with Gasteiger partial charge in [0, 0.05) is 18.7 Å². The SMILES string of the molecule is CC(C)OC(=O)[C@H](C)N[P@@](=O)(OC[C@H]1O[C@@H](n2ccc(=O)[nH]c2=O)C[C@]1(C)O)Oc1ccccc1. The fraction of sp³-hybridized carbons (Fsp3) is 0.500. The van der Waals surface area contributed by atoms with Crippen LogP contribution >= 0.6 is 7.75 Å². The number of carbonyl (C=O) groups excluding carboxylic acids is 1. The zero-order chi connectivity index (χ0) is 25.8. The second-order valence-corrected chi connectivity index (χ2v) is 10.4. The van der Waals surface area contributed by atoms with Gasteiger partial charge < -0.3 is 19.1 Å². The number of aromatic amines is 1. The van der Waals surface area contributed by atoms with Gasteiger partial charge in [0.2, 0.25) is 0 Å². The lowest BCUT2D eigenvalue weighted by Crippen LogP contribution is -2.40. The summed E-state index contributed by atoms with van der Waals surface area (Å²) in [5.41, 5.74) is -2.73. The van der Waals surface area contributed by atoms with Crippen molar-refractivity contribution >= 4 is 13.7 Å². The van der Waals surface area contributed by atoms with Crippen molar-refractivity contribution in [1.29, 1.82) is 0 Å². The number of benzene rings is 1. The van der Waals surface area contributed by atoms with Crippen molar-refractivity contribution in [2.45, 2.75) is 64.2 Å². The van der Waals surface area contributed by atoms with E-state index < -0.39 is 55.5 Å². The van der Waals surface area contributed by atoms with Crippen molar-refractivity contribution in [3.05, 3.63) is 63.4 Å². The second kappa shape index (κ2) is 10.9. The average Bonchev–Trinajstić information content (AvgIpc) is 3.06. The lowest BCUT2D eigenvalue weighted by molar-refractivity contribution is -0.149. The molecule has 0 radical (unpaired) electrons. The van der Waals surface area contributed by atoms with Crippen LogP contribution in [0, 0.1) is 0 Å². The Morgan fingerprint density at radius 1 is 1.29 bits per heavy atom. The highest BCUT2D eigenvalue weighted by molar-refractivity contribution is 7.52. The summed E-state index contributed by atoms with van der Waals surface area (Å²) in [5.74, 6) is -0.424. The largest absolute Gasteiger partial charge is 0.462 e. The molecule has 2 aromatic rings. The Kier molecular flexibility index (Phi) is 8.34. The van der Waals surface area contributed by atoms with E-state index >= 15 is 0 Å². The third-order valence-electron chi connectivity index (χ3n) is 5.19. The zero-order valence-corrected chi connectivity index (χ0v) is 20.8. The fourth-order valence-corrected chi connectivity index (χ4v) is 4.90. The van der Waals surface area contributed by atoms with Gasteiger partial charge in [-0.25, -0.2) is 9.36 Å². The molecule has 0 aliphatic carbocycles. The molecule has 1 aromatic carbocycles. The molecule has 1 aliphatic heterocycles. The standard InChI is InChI=1S/C22H30N3O9P/c1-14(2)32-20(27)15(3)24-35(30,34-16-8-6-5-7-9-16)31-13-17-22(4,29)12-19(33-17)25-11-10-18(26)23-21(25)28/h5-11,14-15,17,19,29H,12-13H2,1-4H3,(H,24,30)(H,23,26,28)/t15-,17+,19+,22-,35+/m0/s1. The van der Waals surface area contributed by atoms with E-state index in [0.717, 1.165) is 10.6 Å². The highest BCUT2D eigenvalue weighted by Crippen LogP contribution is 2.46. The Balaban J connectivity index is 1.76. The maximum Gasteiger partial charge on any atom is 0.459 e. The molecule has 0 unspecified atom stereocenters. The third-order valence-corrected chi connectivity index (χ3v) is 6.83. The molecule has 35 heavy (non-hydrogen) atoms. The van der Waals surface area contributed by atoms with Crippen LogP contribution in [0.3, 0.4) is 0 Å². The summed E-state index contributed by atoms with van der Waals surface area (Å²) in [6.07, 6.45) is -1.03. The van der Waals surface area contributed by atoms with Gasteiger partial charge in [0.15, 0.2) is 0 Å². The Morgan fingerprint density at radius 3 is 2.60 bits per heavy atom. The van der Waals surface area contributed by atoms with E-state index in [-0.39, 0.29) is 18.3 Å². The number of nitrogens with zero attached hydrogens (tertiary/aromatic N) is 1. The first-order chi connectivity index (χ1) is 16.4. The number of rotatable bonds is 10. The van der Waals surface area contributed by atoms with E-state index in [0.29, 0.717) is 0 Å². The van der Waals surface area contributed by atoms with E-state index in [1.165, 1.54) is 20.0 Å². The molecule has 0 bridgehead atoms. The minimum atomic E-state index is -4.17. The normalized spacial score (nSPS) is 24.6. The number of aliphatic hydroxyl groups is 1. The predicted molar refractivity (Wildman–Crippen MR) is 125 cm³/mol. The minimum absolute atomic E-state index is 0.00136. The topological polar surface area (TPSA) is 158 Å². The first-order valence-electron chi connectivity index (χ1n) is 11.1. The van der Waals surface area contributed by atoms with Crippen molar-refractivity contribution in [3.8, 4) is 5.75 Å². The Morgan fingerprint density at radius 2 is 1.97 bits per heavy atom. The van der Waals surface area contributed by atoms with Crippen LogP contribution in [-0.2, 0) is 23.4 Å². The summed E-state index contributed by atoms with van der Waals surface area (Å²) < 4.78 is 36.9. The Labute approximate surface area is 201 Å². The molecular formula is C22H30N3O9P. The molecule has 1 fully saturated rings. The quantitative estimate of drug-likeness (QED) is 0.317. The number of hydrogen-bond donors (Lipinski definition) is 3. The molecule has 3 N–H and O–H groups in total. The van der Waals surface area contributed by atoms with Gasteiger partial charge in [-0.1, -0.05) is 18.2 Å². The summed E-state index contributed by atoms with van der Waals surface area (Å²) >= 11 is 0. The van der Waals surface area contributed by atoms with Crippen molar-refractivity contribution in [2.75, 3.05) is 6.61 Å². The molecule has 13 heteroatoms. The van der Waals surface area contributed by atoms with Crippen molar-refractivity contribution < 1.29 is 33.0 Å². The highest BCUT2D eigenvalue weighted by Gasteiger charge is 2.46. The summed E-state index contributed by atoms with van der Waals surface area (Å²) in [6.45, 7) is 5.91. The molecule has 1 aliphatic rings. The number of para-hydroxylation sites is 1. The van der Waals surface area contributed by atoms with Crippen LogP contribution in [0.5, 0.6) is 5.75 Å². The third kappa shape index (κ3) is 7.12. The summed E-state index contributed by atoms with van der Waals surface area (Å²) in [7, 11) is -4.17. The van der Waals surface area contributed by atoms with E-state index in [2.05, 4.69) is 10.1 Å². The number of esters is 1. The molecular weight excluding hydrogens is 481 g/mol. The highest BCUT2D eigenvalue weighted by atomic mass is 31.2. The molecule has 1 saturated heterocycles. The van der Waals surface area contributed by atoms with Crippen LogP contribution in [-0.4, -0.2) is 51.1 Å². The van der Waals surface area contributed by atoms with Gasteiger partial charge in [0.05, 0.1) is 18.3 Å². The number of carbonyl (C=O) groups is 1. The van der Waals surface area contributed by atoms with Crippen LogP contribution in [0.4, 0.5) is 0 Å². The van der Waals surface area contributed by atoms with E-state index in [1.807, 2.05) is 0 Å². The smallest absolute Gasteiger partial charge is 0.459 e. The number of hydrogen-bond acceptors (Lipinski definition) is 9. The van der Waals surface area contributed by atoms with Gasteiger partial charge in [0.25, 0.3) is 5.56 Å². The Hall–Kier alpha value is -2.76. The van der Waals surface area contributed by atoms with Gasteiger partial charge in [-0.3, -0.25) is 23.7 Å². The molecule has 192 valence electrons. The van der Waals surface area contributed by atoms with Crippen LogP contribution in [0.25, 0.3) is 0 Å². The lowest BCUT2D eigenvalue weighted by atomic mass is 9.98.